The van der Waals surface area contributed by atoms with Crippen LogP contribution >= 0.6 is 11.6 Å². The fourth-order valence-electron chi connectivity index (χ4n) is 4.18. The van der Waals surface area contributed by atoms with E-state index < -0.39 is 5.91 Å². The van der Waals surface area contributed by atoms with Crippen LogP contribution in [-0.4, -0.2) is 17.7 Å². The van der Waals surface area contributed by atoms with Crippen molar-refractivity contribution in [2.75, 3.05) is 10.2 Å². The number of imide groups is 1. The maximum Gasteiger partial charge on any atom is 0.257 e. The van der Waals surface area contributed by atoms with Gasteiger partial charge in [0.1, 0.15) is 0 Å². The number of halogens is 1. The summed E-state index contributed by atoms with van der Waals surface area (Å²) in [5, 5.41) is 3.40. The molecule has 148 valence electrons. The van der Waals surface area contributed by atoms with Crippen molar-refractivity contribution in [2.45, 2.75) is 20.3 Å². The first-order chi connectivity index (χ1) is 13.9. The lowest BCUT2D eigenvalue weighted by Gasteiger charge is -2.22. The SMILES string of the molecule is Cc1c(Cl)cccc1NC(=O)c1ccccc1N1C(=O)[C@@H]2[C@H](CC=C[C@@H]2C)C1=O. The molecule has 6 heteroatoms. The third kappa shape index (κ3) is 3.25. The largest absolute Gasteiger partial charge is 0.322 e. The number of hydrogen-bond acceptors (Lipinski definition) is 3. The second kappa shape index (κ2) is 7.48. The summed E-state index contributed by atoms with van der Waals surface area (Å²) in [6.07, 6.45) is 4.49. The van der Waals surface area contributed by atoms with Crippen molar-refractivity contribution in [2.24, 2.45) is 17.8 Å². The van der Waals surface area contributed by atoms with Crippen molar-refractivity contribution in [3.8, 4) is 0 Å². The standard InChI is InChI=1S/C23H21ClN2O3/c1-13-7-5-9-16-20(13)23(29)26(22(16)28)19-12-4-3-8-15(19)21(27)25-18-11-6-10-17(24)14(18)2/h3-8,10-13,16,20H,9H2,1-2H3,(H,25,27)/t13-,16-,20-/m0/s1. The van der Waals surface area contributed by atoms with E-state index in [1.807, 2.05) is 26.0 Å². The lowest BCUT2D eigenvalue weighted by molar-refractivity contribution is -0.122. The monoisotopic (exact) mass is 408 g/mol. The Balaban J connectivity index is 1.69. The van der Waals surface area contributed by atoms with Gasteiger partial charge in [-0.1, -0.05) is 48.9 Å². The van der Waals surface area contributed by atoms with E-state index in [2.05, 4.69) is 5.32 Å². The van der Waals surface area contributed by atoms with E-state index in [1.165, 1.54) is 4.90 Å². The van der Waals surface area contributed by atoms with Crippen molar-refractivity contribution in [3.63, 3.8) is 0 Å². The highest BCUT2D eigenvalue weighted by molar-refractivity contribution is 6.32. The van der Waals surface area contributed by atoms with Crippen molar-refractivity contribution in [1.82, 2.24) is 0 Å². The first-order valence-electron chi connectivity index (χ1n) is 9.60. The van der Waals surface area contributed by atoms with Gasteiger partial charge in [-0.15, -0.1) is 0 Å². The normalized spacial score (nSPS) is 23.3. The Morgan fingerprint density at radius 3 is 2.62 bits per heavy atom. The molecule has 2 aromatic carbocycles. The van der Waals surface area contributed by atoms with Crippen LogP contribution in [0.3, 0.4) is 0 Å². The summed E-state index contributed by atoms with van der Waals surface area (Å²) in [5.74, 6) is -1.63. The van der Waals surface area contributed by atoms with Crippen LogP contribution in [0.15, 0.2) is 54.6 Å². The highest BCUT2D eigenvalue weighted by atomic mass is 35.5. The molecule has 1 fully saturated rings. The predicted molar refractivity (Wildman–Crippen MR) is 113 cm³/mol. The van der Waals surface area contributed by atoms with Gasteiger partial charge in [0.2, 0.25) is 11.8 Å². The molecular weight excluding hydrogens is 388 g/mol. The van der Waals surface area contributed by atoms with Gasteiger partial charge in [0.05, 0.1) is 23.1 Å². The zero-order chi connectivity index (χ0) is 20.7. The molecule has 1 saturated heterocycles. The molecule has 29 heavy (non-hydrogen) atoms. The van der Waals surface area contributed by atoms with Crippen molar-refractivity contribution < 1.29 is 14.4 Å². The van der Waals surface area contributed by atoms with E-state index in [1.54, 1.807) is 42.5 Å². The Morgan fingerprint density at radius 1 is 1.10 bits per heavy atom. The first kappa shape index (κ1) is 19.4. The van der Waals surface area contributed by atoms with E-state index in [0.717, 1.165) is 5.56 Å². The molecule has 1 heterocycles. The molecule has 0 bridgehead atoms. The van der Waals surface area contributed by atoms with Gasteiger partial charge >= 0.3 is 0 Å². The molecule has 1 aliphatic carbocycles. The van der Waals surface area contributed by atoms with Crippen LogP contribution in [0, 0.1) is 24.7 Å². The van der Waals surface area contributed by atoms with Crippen LogP contribution in [0.2, 0.25) is 5.02 Å². The highest BCUT2D eigenvalue weighted by Gasteiger charge is 2.51. The molecule has 0 saturated carbocycles. The molecule has 0 aromatic heterocycles. The third-order valence-corrected chi connectivity index (χ3v) is 6.19. The van der Waals surface area contributed by atoms with Crippen LogP contribution in [0.5, 0.6) is 0 Å². The number of allylic oxidation sites excluding steroid dienone is 2. The summed E-state index contributed by atoms with van der Waals surface area (Å²) >= 11 is 6.15. The second-order valence-corrected chi connectivity index (χ2v) is 7.96. The maximum atomic E-state index is 13.1. The number of para-hydroxylation sites is 1. The molecule has 5 nitrogen and oxygen atoms in total. The van der Waals surface area contributed by atoms with E-state index >= 15 is 0 Å². The quantitative estimate of drug-likeness (QED) is 0.596. The average molecular weight is 409 g/mol. The number of hydrogen-bond donors (Lipinski definition) is 1. The van der Waals surface area contributed by atoms with Gasteiger partial charge in [-0.05, 0) is 49.1 Å². The summed E-state index contributed by atoms with van der Waals surface area (Å²) in [7, 11) is 0. The van der Waals surface area contributed by atoms with E-state index in [0.29, 0.717) is 22.8 Å². The first-order valence-corrected chi connectivity index (χ1v) is 9.98. The Kier molecular flexibility index (Phi) is 5.01. The number of fused-ring (bicyclic) bond motifs is 1. The number of nitrogens with zero attached hydrogens (tertiary/aromatic N) is 1. The van der Waals surface area contributed by atoms with E-state index in [9.17, 15) is 14.4 Å². The number of carbonyl (C=O) groups is 3. The second-order valence-electron chi connectivity index (χ2n) is 7.55. The Labute approximate surface area is 174 Å². The zero-order valence-corrected chi connectivity index (χ0v) is 16.9. The van der Waals surface area contributed by atoms with Crippen molar-refractivity contribution in [1.29, 1.82) is 0 Å². The molecule has 3 atom stereocenters. The fraction of sp³-hybridized carbons (Fsp3) is 0.261. The van der Waals surface area contributed by atoms with Gasteiger partial charge in [-0.3, -0.25) is 14.4 Å². The highest BCUT2D eigenvalue weighted by Crippen LogP contribution is 2.41. The number of carbonyl (C=O) groups excluding carboxylic acids is 3. The topological polar surface area (TPSA) is 66.5 Å². The minimum Gasteiger partial charge on any atom is -0.322 e. The van der Waals surface area contributed by atoms with Crippen LogP contribution < -0.4 is 10.2 Å². The lowest BCUT2D eigenvalue weighted by atomic mass is 9.78. The van der Waals surface area contributed by atoms with E-state index in [4.69, 9.17) is 11.6 Å². The smallest absolute Gasteiger partial charge is 0.257 e. The number of benzene rings is 2. The molecule has 0 spiro atoms. The molecule has 3 amide bonds. The minimum absolute atomic E-state index is 0.00898. The molecule has 1 N–H and O–H groups in total. The van der Waals surface area contributed by atoms with E-state index in [-0.39, 0.29) is 35.1 Å². The number of amides is 3. The molecule has 2 aliphatic rings. The number of nitrogens with one attached hydrogen (secondary N) is 1. The Hall–Kier alpha value is -2.92. The summed E-state index contributed by atoms with van der Waals surface area (Å²) in [6.45, 7) is 3.76. The van der Waals surface area contributed by atoms with Gasteiger partial charge in [0, 0.05) is 10.7 Å². The molecule has 2 aromatic rings. The lowest BCUT2D eigenvalue weighted by Crippen LogP contribution is -2.33. The number of rotatable bonds is 3. The predicted octanol–water partition coefficient (Wildman–Crippen LogP) is 4.60. The van der Waals surface area contributed by atoms with Crippen molar-refractivity contribution in [3.05, 3.63) is 70.8 Å². The Morgan fingerprint density at radius 2 is 1.86 bits per heavy atom. The van der Waals surface area contributed by atoms with Crippen LogP contribution in [0.25, 0.3) is 0 Å². The summed E-state index contributed by atoms with van der Waals surface area (Å²) in [6, 6.07) is 12.0. The fourth-order valence-corrected chi connectivity index (χ4v) is 4.35. The van der Waals surface area contributed by atoms with Crippen molar-refractivity contribution >= 4 is 40.7 Å². The summed E-state index contributed by atoms with van der Waals surface area (Å²) < 4.78 is 0. The van der Waals surface area contributed by atoms with Gasteiger partial charge < -0.3 is 5.32 Å². The third-order valence-electron chi connectivity index (χ3n) is 5.78. The summed E-state index contributed by atoms with van der Waals surface area (Å²) in [5.41, 5.74) is 1.93. The van der Waals surface area contributed by atoms with Gasteiger partial charge in [0.15, 0.2) is 0 Å². The summed E-state index contributed by atoms with van der Waals surface area (Å²) in [4.78, 5) is 40.4. The minimum atomic E-state index is -0.396. The van der Waals surface area contributed by atoms with Crippen LogP contribution in [0.1, 0.15) is 29.3 Å². The molecule has 1 aliphatic heterocycles. The molecule has 0 unspecified atom stereocenters. The number of anilines is 2. The average Bonchev–Trinajstić information content (AvgIpc) is 2.97. The van der Waals surface area contributed by atoms with Gasteiger partial charge in [-0.2, -0.15) is 0 Å². The van der Waals surface area contributed by atoms with Gasteiger partial charge in [0.25, 0.3) is 5.91 Å². The Bertz CT molecular complexity index is 1050. The molecule has 4 rings (SSSR count). The molecular formula is C23H21ClN2O3. The molecule has 0 radical (unpaired) electrons. The van der Waals surface area contributed by atoms with Gasteiger partial charge in [-0.25, -0.2) is 4.90 Å². The maximum absolute atomic E-state index is 13.1. The van der Waals surface area contributed by atoms with Crippen LogP contribution in [0.4, 0.5) is 11.4 Å². The zero-order valence-electron chi connectivity index (χ0n) is 16.2. The van der Waals surface area contributed by atoms with Crippen LogP contribution in [-0.2, 0) is 9.59 Å².